The number of aryl methyl sites for hydroxylation is 1. The van der Waals surface area contributed by atoms with Crippen LogP contribution in [0.15, 0.2) is 89.8 Å². The Balaban J connectivity index is 1.07. The molecule has 226 valence electrons. The van der Waals surface area contributed by atoms with Gasteiger partial charge in [-0.25, -0.2) is 14.5 Å². The molecule has 0 bridgehead atoms. The number of hydrogen-bond donors (Lipinski definition) is 0. The summed E-state index contributed by atoms with van der Waals surface area (Å²) in [5.74, 6) is 1.19. The summed E-state index contributed by atoms with van der Waals surface area (Å²) in [6.07, 6.45) is -1.59. The zero-order valence-electron chi connectivity index (χ0n) is 24.1. The van der Waals surface area contributed by atoms with Gasteiger partial charge >= 0.3 is 12.5 Å². The van der Waals surface area contributed by atoms with Crippen molar-refractivity contribution in [1.82, 2.24) is 14.8 Å². The predicted molar refractivity (Wildman–Crippen MR) is 163 cm³/mol. The molecule has 2 atom stereocenters. The van der Waals surface area contributed by atoms with Crippen LogP contribution in [-0.2, 0) is 11.2 Å². The lowest BCUT2D eigenvalue weighted by Crippen LogP contribution is -2.28. The normalized spacial score (nSPS) is 17.6. The third-order valence-electron chi connectivity index (χ3n) is 7.24. The highest BCUT2D eigenvalue weighted by atomic mass is 32.2. The molecule has 1 aromatic heterocycles. The van der Waals surface area contributed by atoms with Gasteiger partial charge in [-0.1, -0.05) is 61.2 Å². The maximum atomic E-state index is 12.8. The maximum Gasteiger partial charge on any atom is 0.573 e. The number of alkyl halides is 3. The van der Waals surface area contributed by atoms with E-state index in [0.717, 1.165) is 33.8 Å². The number of fused-ring (bicyclic) bond motifs is 3. The summed E-state index contributed by atoms with van der Waals surface area (Å²) in [7, 11) is 0. The molecule has 4 aromatic rings. The number of hydrogen-bond acceptors (Lipinski definition) is 6. The van der Waals surface area contributed by atoms with Crippen molar-refractivity contribution in [3.05, 3.63) is 102 Å². The molecule has 8 nitrogen and oxygen atoms in total. The van der Waals surface area contributed by atoms with Gasteiger partial charge in [0, 0.05) is 29.4 Å². The highest BCUT2D eigenvalue weighted by molar-refractivity contribution is 8.14. The van der Waals surface area contributed by atoms with Gasteiger partial charge in [0.15, 0.2) is 11.0 Å². The minimum atomic E-state index is -4.75. The fourth-order valence-corrected chi connectivity index (χ4v) is 6.21. The molecule has 0 saturated carbocycles. The van der Waals surface area contributed by atoms with Gasteiger partial charge in [-0.05, 0) is 60.9 Å². The van der Waals surface area contributed by atoms with Crippen LogP contribution in [0.3, 0.4) is 0 Å². The molecule has 0 spiro atoms. The van der Waals surface area contributed by atoms with Crippen LogP contribution in [-0.4, -0.2) is 44.2 Å². The van der Waals surface area contributed by atoms with Gasteiger partial charge in [-0.2, -0.15) is 4.99 Å². The number of aliphatic imine (C=N–C) groups is 1. The van der Waals surface area contributed by atoms with E-state index in [9.17, 15) is 18.0 Å². The first-order valence-corrected chi connectivity index (χ1v) is 14.9. The van der Waals surface area contributed by atoms with Crippen molar-refractivity contribution in [1.29, 1.82) is 0 Å². The highest BCUT2D eigenvalue weighted by Crippen LogP contribution is 2.43. The summed E-state index contributed by atoms with van der Waals surface area (Å²) in [5.41, 5.74) is 6.79. The summed E-state index contributed by atoms with van der Waals surface area (Å²) in [6.45, 7) is 6.05. The van der Waals surface area contributed by atoms with Gasteiger partial charge in [-0.15, -0.1) is 18.3 Å². The van der Waals surface area contributed by atoms with E-state index in [1.165, 1.54) is 52.6 Å². The van der Waals surface area contributed by atoms with Crippen LogP contribution in [0.2, 0.25) is 0 Å². The van der Waals surface area contributed by atoms with E-state index in [4.69, 9.17) is 4.74 Å². The molecule has 6 rings (SSSR count). The second kappa shape index (κ2) is 11.8. The predicted octanol–water partition coefficient (Wildman–Crippen LogP) is 7.82. The molecule has 44 heavy (non-hydrogen) atoms. The number of amidine groups is 1. The number of anilines is 1. The summed E-state index contributed by atoms with van der Waals surface area (Å²) in [4.78, 5) is 23.5. The quantitative estimate of drug-likeness (QED) is 0.218. The number of nitrogens with zero attached hydrogens (tertiary/aromatic N) is 5. The SMILES string of the molecule is Cc1ccc2c(c1)N1C(=CC2C)CS/C1=N\C(=O)OC(C)Cc1ccc(-c2ncn(-c3ccc(OC(F)(F)F)cc3)n2)cc1. The molecule has 12 heteroatoms. The zero-order valence-corrected chi connectivity index (χ0v) is 24.9. The Kier molecular flexibility index (Phi) is 7.93. The second-order valence-corrected chi connectivity index (χ2v) is 11.6. The van der Waals surface area contributed by atoms with Crippen molar-refractivity contribution in [2.45, 2.75) is 45.6 Å². The van der Waals surface area contributed by atoms with Crippen LogP contribution >= 0.6 is 11.8 Å². The Bertz CT molecular complexity index is 1750. The van der Waals surface area contributed by atoms with E-state index >= 15 is 0 Å². The first kappa shape index (κ1) is 29.5. The summed E-state index contributed by atoms with van der Waals surface area (Å²) < 4.78 is 48.3. The minimum Gasteiger partial charge on any atom is -0.445 e. The number of aromatic nitrogens is 3. The highest BCUT2D eigenvalue weighted by Gasteiger charge is 2.34. The Labute approximate surface area is 256 Å². The van der Waals surface area contributed by atoms with Gasteiger partial charge in [0.1, 0.15) is 18.2 Å². The molecule has 1 amide bonds. The number of rotatable bonds is 6. The van der Waals surface area contributed by atoms with Crippen LogP contribution in [0, 0.1) is 6.92 Å². The average molecular weight is 620 g/mol. The Morgan fingerprint density at radius 1 is 1.11 bits per heavy atom. The Morgan fingerprint density at radius 3 is 2.59 bits per heavy atom. The lowest BCUT2D eigenvalue weighted by atomic mass is 9.93. The number of allylic oxidation sites excluding steroid dienone is 1. The summed E-state index contributed by atoms with van der Waals surface area (Å²) in [5, 5.41) is 5.05. The molecule has 2 aliphatic rings. The van der Waals surface area contributed by atoms with Crippen molar-refractivity contribution < 1.29 is 27.4 Å². The third-order valence-corrected chi connectivity index (χ3v) is 8.21. The number of halogens is 3. The van der Waals surface area contributed by atoms with Crippen LogP contribution in [0.25, 0.3) is 17.1 Å². The molecule has 3 heterocycles. The number of amides is 1. The number of benzene rings is 3. The van der Waals surface area contributed by atoms with Crippen LogP contribution < -0.4 is 9.64 Å². The van der Waals surface area contributed by atoms with E-state index in [1.807, 2.05) is 31.2 Å². The lowest BCUT2D eigenvalue weighted by molar-refractivity contribution is -0.274. The zero-order chi connectivity index (χ0) is 31.0. The standard InChI is InChI=1S/C32H28F3N5O3S/c1-19-4-13-27-20(2)15-25-17-44-30(40(25)28(27)14-19)37-31(41)42-21(3)16-22-5-7-23(8-6-22)29-36-18-39(38-29)24-9-11-26(12-10-24)43-32(33,34)35/h4-15,18,20-21H,16-17H2,1-3H3/b37-30-. The molecule has 1 saturated heterocycles. The molecule has 2 unspecified atom stereocenters. The monoisotopic (exact) mass is 619 g/mol. The van der Waals surface area contributed by atoms with E-state index in [2.05, 4.69) is 62.8 Å². The fourth-order valence-electron chi connectivity index (χ4n) is 5.22. The van der Waals surface area contributed by atoms with E-state index < -0.39 is 18.6 Å². The summed E-state index contributed by atoms with van der Waals surface area (Å²) >= 11 is 1.53. The number of carbonyl (C=O) groups excluding carboxylic acids is 1. The maximum absolute atomic E-state index is 12.8. The average Bonchev–Trinajstić information content (AvgIpc) is 3.61. The van der Waals surface area contributed by atoms with Crippen LogP contribution in [0.5, 0.6) is 5.75 Å². The molecule has 3 aromatic carbocycles. The van der Waals surface area contributed by atoms with Gasteiger partial charge < -0.3 is 9.47 Å². The van der Waals surface area contributed by atoms with E-state index in [-0.39, 0.29) is 5.75 Å². The van der Waals surface area contributed by atoms with E-state index in [0.29, 0.717) is 29.0 Å². The molecule has 2 aliphatic heterocycles. The van der Waals surface area contributed by atoms with Crippen molar-refractivity contribution in [2.75, 3.05) is 10.7 Å². The number of thioether (sulfide) groups is 1. The molecular formula is C32H28F3N5O3S. The molecule has 1 fully saturated rings. The Hall–Kier alpha value is -4.58. The van der Waals surface area contributed by atoms with Gasteiger partial charge in [0.25, 0.3) is 0 Å². The topological polar surface area (TPSA) is 81.8 Å². The van der Waals surface area contributed by atoms with Gasteiger partial charge in [-0.3, -0.25) is 4.90 Å². The number of carbonyl (C=O) groups is 1. The van der Waals surface area contributed by atoms with Crippen LogP contribution in [0.1, 0.15) is 36.5 Å². The summed E-state index contributed by atoms with van der Waals surface area (Å²) in [6, 6.07) is 19.3. The van der Waals surface area contributed by atoms with Gasteiger partial charge in [0.05, 0.1) is 11.4 Å². The first-order chi connectivity index (χ1) is 21.0. The molecular weight excluding hydrogens is 591 g/mol. The van der Waals surface area contributed by atoms with Crippen molar-refractivity contribution >= 4 is 28.7 Å². The minimum absolute atomic E-state index is 0.296. The van der Waals surface area contributed by atoms with Crippen molar-refractivity contribution in [2.24, 2.45) is 4.99 Å². The third kappa shape index (κ3) is 6.49. The van der Waals surface area contributed by atoms with Crippen molar-refractivity contribution in [3.8, 4) is 22.8 Å². The number of ether oxygens (including phenoxy) is 2. The largest absolute Gasteiger partial charge is 0.573 e. The molecule has 0 N–H and O–H groups in total. The van der Waals surface area contributed by atoms with E-state index in [1.54, 1.807) is 0 Å². The first-order valence-electron chi connectivity index (χ1n) is 13.9. The van der Waals surface area contributed by atoms with Gasteiger partial charge in [0.2, 0.25) is 0 Å². The fraction of sp³-hybridized carbons (Fsp3) is 0.250. The molecule has 0 aliphatic carbocycles. The Morgan fingerprint density at radius 2 is 1.86 bits per heavy atom. The lowest BCUT2D eigenvalue weighted by Gasteiger charge is -2.30. The van der Waals surface area contributed by atoms with Crippen LogP contribution in [0.4, 0.5) is 23.7 Å². The smallest absolute Gasteiger partial charge is 0.445 e. The molecule has 0 radical (unpaired) electrons. The second-order valence-electron chi connectivity index (χ2n) is 10.7. The van der Waals surface area contributed by atoms with Crippen molar-refractivity contribution in [3.63, 3.8) is 0 Å².